The summed E-state index contributed by atoms with van der Waals surface area (Å²) in [6.45, 7) is 8.06. The molecule has 2 heteroatoms. The van der Waals surface area contributed by atoms with Gasteiger partial charge in [0.05, 0.1) is 12.7 Å². The largest absolute Gasteiger partial charge is 0.377 e. The molecule has 1 aromatic carbocycles. The Balaban J connectivity index is 2.39. The number of rotatable bonds is 8. The van der Waals surface area contributed by atoms with Crippen molar-refractivity contribution in [2.45, 2.75) is 45.8 Å². The molecule has 0 aliphatic carbocycles. The van der Waals surface area contributed by atoms with Crippen LogP contribution in [0, 0.1) is 0 Å². The maximum atomic E-state index is 5.54. The first kappa shape index (κ1) is 14.2. The SMILES string of the molecule is CCCC(NCCOC(C)C)c1ccccc1. The molecule has 1 aromatic rings. The Bertz CT molecular complexity index is 284. The molecule has 1 atom stereocenters. The lowest BCUT2D eigenvalue weighted by Gasteiger charge is -2.19. The molecule has 0 saturated heterocycles. The van der Waals surface area contributed by atoms with Crippen LogP contribution in [-0.2, 0) is 4.74 Å². The predicted octanol–water partition coefficient (Wildman–Crippen LogP) is 3.54. The lowest BCUT2D eigenvalue weighted by molar-refractivity contribution is 0.0791. The average molecular weight is 235 g/mol. The van der Waals surface area contributed by atoms with E-state index < -0.39 is 0 Å². The van der Waals surface area contributed by atoms with Gasteiger partial charge in [-0.1, -0.05) is 43.7 Å². The van der Waals surface area contributed by atoms with Crippen LogP contribution in [0.5, 0.6) is 0 Å². The molecule has 0 saturated carbocycles. The minimum Gasteiger partial charge on any atom is -0.377 e. The molecule has 0 fully saturated rings. The highest BCUT2D eigenvalue weighted by Gasteiger charge is 2.08. The lowest BCUT2D eigenvalue weighted by atomic mass is 10.0. The van der Waals surface area contributed by atoms with E-state index in [-0.39, 0.29) is 0 Å². The quantitative estimate of drug-likeness (QED) is 0.696. The molecule has 0 amide bonds. The first-order valence-electron chi connectivity index (χ1n) is 6.64. The summed E-state index contributed by atoms with van der Waals surface area (Å²) >= 11 is 0. The number of hydrogen-bond donors (Lipinski definition) is 1. The van der Waals surface area contributed by atoms with Crippen molar-refractivity contribution in [3.63, 3.8) is 0 Å². The highest BCUT2D eigenvalue weighted by Crippen LogP contribution is 2.17. The molecule has 17 heavy (non-hydrogen) atoms. The summed E-state index contributed by atoms with van der Waals surface area (Å²) in [4.78, 5) is 0. The van der Waals surface area contributed by atoms with Crippen LogP contribution in [0.15, 0.2) is 30.3 Å². The zero-order valence-electron chi connectivity index (χ0n) is 11.3. The highest BCUT2D eigenvalue weighted by atomic mass is 16.5. The van der Waals surface area contributed by atoms with Crippen molar-refractivity contribution in [3.05, 3.63) is 35.9 Å². The lowest BCUT2D eigenvalue weighted by Crippen LogP contribution is -2.26. The molecule has 0 heterocycles. The van der Waals surface area contributed by atoms with Gasteiger partial charge in [0, 0.05) is 12.6 Å². The van der Waals surface area contributed by atoms with Gasteiger partial charge in [-0.3, -0.25) is 0 Å². The van der Waals surface area contributed by atoms with Crippen LogP contribution in [-0.4, -0.2) is 19.3 Å². The van der Waals surface area contributed by atoms with Gasteiger partial charge in [-0.15, -0.1) is 0 Å². The van der Waals surface area contributed by atoms with Crippen LogP contribution >= 0.6 is 0 Å². The van der Waals surface area contributed by atoms with E-state index in [0.717, 1.165) is 13.2 Å². The Morgan fingerprint density at radius 2 is 1.88 bits per heavy atom. The van der Waals surface area contributed by atoms with E-state index in [2.05, 4.69) is 56.4 Å². The van der Waals surface area contributed by atoms with Crippen molar-refractivity contribution in [1.29, 1.82) is 0 Å². The zero-order chi connectivity index (χ0) is 12.5. The number of ether oxygens (including phenoxy) is 1. The number of benzene rings is 1. The summed E-state index contributed by atoms with van der Waals surface area (Å²) in [7, 11) is 0. The summed E-state index contributed by atoms with van der Waals surface area (Å²) in [6, 6.07) is 11.1. The average Bonchev–Trinajstić information content (AvgIpc) is 2.34. The first-order chi connectivity index (χ1) is 8.24. The Morgan fingerprint density at radius 3 is 2.47 bits per heavy atom. The Hall–Kier alpha value is -0.860. The van der Waals surface area contributed by atoms with Gasteiger partial charge in [0.15, 0.2) is 0 Å². The van der Waals surface area contributed by atoms with Gasteiger partial charge in [-0.05, 0) is 25.8 Å². The van der Waals surface area contributed by atoms with Gasteiger partial charge in [-0.25, -0.2) is 0 Å². The second kappa shape index (κ2) is 8.26. The van der Waals surface area contributed by atoms with E-state index in [1.165, 1.54) is 18.4 Å². The van der Waals surface area contributed by atoms with Crippen molar-refractivity contribution in [2.24, 2.45) is 0 Å². The standard InChI is InChI=1S/C15H25NO/c1-4-8-15(14-9-6-5-7-10-14)16-11-12-17-13(2)3/h5-7,9-10,13,15-16H,4,8,11-12H2,1-3H3. The number of nitrogens with one attached hydrogen (secondary N) is 1. The van der Waals surface area contributed by atoms with E-state index in [1.807, 2.05) is 0 Å². The molecule has 0 bridgehead atoms. The van der Waals surface area contributed by atoms with Crippen LogP contribution in [0.25, 0.3) is 0 Å². The van der Waals surface area contributed by atoms with Crippen molar-refractivity contribution in [2.75, 3.05) is 13.2 Å². The van der Waals surface area contributed by atoms with Crippen molar-refractivity contribution >= 4 is 0 Å². The van der Waals surface area contributed by atoms with Crippen molar-refractivity contribution in [1.82, 2.24) is 5.32 Å². The van der Waals surface area contributed by atoms with Gasteiger partial charge in [0.2, 0.25) is 0 Å². The molecular weight excluding hydrogens is 210 g/mol. The fourth-order valence-corrected chi connectivity index (χ4v) is 1.89. The number of hydrogen-bond acceptors (Lipinski definition) is 2. The van der Waals surface area contributed by atoms with Gasteiger partial charge in [-0.2, -0.15) is 0 Å². The minimum atomic E-state index is 0.318. The molecule has 0 spiro atoms. The predicted molar refractivity (Wildman–Crippen MR) is 73.2 cm³/mol. The van der Waals surface area contributed by atoms with Crippen LogP contribution in [0.1, 0.15) is 45.2 Å². The fourth-order valence-electron chi connectivity index (χ4n) is 1.89. The maximum absolute atomic E-state index is 5.54. The zero-order valence-corrected chi connectivity index (χ0v) is 11.3. The summed E-state index contributed by atoms with van der Waals surface area (Å²) in [6.07, 6.45) is 2.68. The molecule has 0 aliphatic rings. The smallest absolute Gasteiger partial charge is 0.0594 e. The van der Waals surface area contributed by atoms with E-state index in [9.17, 15) is 0 Å². The van der Waals surface area contributed by atoms with E-state index in [1.54, 1.807) is 0 Å². The molecule has 0 aliphatic heterocycles. The van der Waals surface area contributed by atoms with Crippen LogP contribution in [0.2, 0.25) is 0 Å². The van der Waals surface area contributed by atoms with Gasteiger partial charge in [0.25, 0.3) is 0 Å². The Kier molecular flexibility index (Phi) is 6.90. The van der Waals surface area contributed by atoms with E-state index in [4.69, 9.17) is 4.74 Å². The first-order valence-corrected chi connectivity index (χ1v) is 6.64. The van der Waals surface area contributed by atoms with Gasteiger partial charge >= 0.3 is 0 Å². The topological polar surface area (TPSA) is 21.3 Å². The third-order valence-electron chi connectivity index (χ3n) is 2.72. The van der Waals surface area contributed by atoms with Gasteiger partial charge in [0.1, 0.15) is 0 Å². The third kappa shape index (κ3) is 5.85. The molecule has 0 aromatic heterocycles. The molecule has 96 valence electrons. The second-order valence-corrected chi connectivity index (χ2v) is 4.63. The molecule has 2 nitrogen and oxygen atoms in total. The molecular formula is C15H25NO. The summed E-state index contributed by atoms with van der Waals surface area (Å²) < 4.78 is 5.54. The summed E-state index contributed by atoms with van der Waals surface area (Å²) in [5.41, 5.74) is 1.37. The molecule has 1 N–H and O–H groups in total. The van der Waals surface area contributed by atoms with Crippen molar-refractivity contribution in [3.8, 4) is 0 Å². The van der Waals surface area contributed by atoms with Crippen LogP contribution in [0.4, 0.5) is 0 Å². The van der Waals surface area contributed by atoms with Crippen molar-refractivity contribution < 1.29 is 4.74 Å². The second-order valence-electron chi connectivity index (χ2n) is 4.63. The highest BCUT2D eigenvalue weighted by molar-refractivity contribution is 5.18. The Morgan fingerprint density at radius 1 is 1.18 bits per heavy atom. The summed E-state index contributed by atoms with van der Waals surface area (Å²) in [5.74, 6) is 0. The monoisotopic (exact) mass is 235 g/mol. The van der Waals surface area contributed by atoms with E-state index >= 15 is 0 Å². The van der Waals surface area contributed by atoms with E-state index in [0.29, 0.717) is 12.1 Å². The van der Waals surface area contributed by atoms with Gasteiger partial charge < -0.3 is 10.1 Å². The molecule has 1 rings (SSSR count). The fraction of sp³-hybridized carbons (Fsp3) is 0.600. The van der Waals surface area contributed by atoms with Crippen LogP contribution < -0.4 is 5.32 Å². The molecule has 0 radical (unpaired) electrons. The summed E-state index contributed by atoms with van der Waals surface area (Å²) in [5, 5.41) is 3.57. The Labute approximate surface area is 105 Å². The third-order valence-corrected chi connectivity index (χ3v) is 2.72. The van der Waals surface area contributed by atoms with Crippen LogP contribution in [0.3, 0.4) is 0 Å². The maximum Gasteiger partial charge on any atom is 0.0594 e. The normalized spacial score (nSPS) is 12.9. The minimum absolute atomic E-state index is 0.318. The molecule has 1 unspecified atom stereocenters.